The normalized spacial score (nSPS) is 17.4. The Morgan fingerprint density at radius 2 is 1.64 bits per heavy atom. The van der Waals surface area contributed by atoms with Gasteiger partial charge < -0.3 is 0 Å². The Labute approximate surface area is 166 Å². The molecule has 0 aromatic heterocycles. The van der Waals surface area contributed by atoms with Crippen molar-refractivity contribution in [3.63, 3.8) is 0 Å². The summed E-state index contributed by atoms with van der Waals surface area (Å²) in [5.74, 6) is 0. The number of hydrogen-bond donors (Lipinski definition) is 0. The van der Waals surface area contributed by atoms with Crippen LogP contribution in [0.2, 0.25) is 0 Å². The molecule has 0 fully saturated rings. The topological polar surface area (TPSA) is 58.7 Å². The fourth-order valence-corrected chi connectivity index (χ4v) is 4.53. The SMILES string of the molecule is O=[N+]([O-])c1ccc(C2C=C(c3ccccc3)N3C(=N2)Sc2ccccc23)cc1. The van der Waals surface area contributed by atoms with Crippen molar-refractivity contribution >= 4 is 34.0 Å². The molecule has 0 spiro atoms. The molecule has 28 heavy (non-hydrogen) atoms. The molecule has 2 aliphatic heterocycles. The fourth-order valence-electron chi connectivity index (χ4n) is 3.47. The Hall–Kier alpha value is -3.38. The summed E-state index contributed by atoms with van der Waals surface area (Å²) >= 11 is 1.65. The van der Waals surface area contributed by atoms with Crippen molar-refractivity contribution in [2.24, 2.45) is 4.99 Å². The van der Waals surface area contributed by atoms with E-state index in [1.165, 1.54) is 17.0 Å². The third-order valence-corrected chi connectivity index (χ3v) is 5.86. The highest BCUT2D eigenvalue weighted by Gasteiger charge is 2.34. The Balaban J connectivity index is 1.62. The van der Waals surface area contributed by atoms with E-state index < -0.39 is 0 Å². The third kappa shape index (κ3) is 2.78. The molecule has 3 aromatic rings. The van der Waals surface area contributed by atoms with Gasteiger partial charge in [0.15, 0.2) is 5.17 Å². The first kappa shape index (κ1) is 16.8. The predicted octanol–water partition coefficient (Wildman–Crippen LogP) is 5.66. The molecular weight excluding hydrogens is 370 g/mol. The van der Waals surface area contributed by atoms with E-state index in [1.54, 1.807) is 23.9 Å². The smallest absolute Gasteiger partial charge is 0.269 e. The van der Waals surface area contributed by atoms with Crippen molar-refractivity contribution in [1.29, 1.82) is 0 Å². The minimum atomic E-state index is -0.382. The summed E-state index contributed by atoms with van der Waals surface area (Å²) in [5.41, 5.74) is 4.33. The van der Waals surface area contributed by atoms with Gasteiger partial charge in [0.25, 0.3) is 5.69 Å². The first-order valence-electron chi connectivity index (χ1n) is 8.87. The Morgan fingerprint density at radius 3 is 2.39 bits per heavy atom. The molecule has 0 saturated carbocycles. The maximum Gasteiger partial charge on any atom is 0.269 e. The largest absolute Gasteiger partial charge is 0.288 e. The number of nitro benzene ring substituents is 1. The number of para-hydroxylation sites is 1. The van der Waals surface area contributed by atoms with Crippen LogP contribution in [0.5, 0.6) is 0 Å². The fraction of sp³-hybridized carbons (Fsp3) is 0.0455. The number of hydrogen-bond acceptors (Lipinski definition) is 5. The molecule has 0 bridgehead atoms. The van der Waals surface area contributed by atoms with Crippen molar-refractivity contribution in [2.75, 3.05) is 4.90 Å². The van der Waals surface area contributed by atoms with Gasteiger partial charge >= 0.3 is 0 Å². The summed E-state index contributed by atoms with van der Waals surface area (Å²) in [6, 6.07) is 25.0. The van der Waals surface area contributed by atoms with E-state index in [0.29, 0.717) is 0 Å². The number of benzene rings is 3. The Morgan fingerprint density at radius 1 is 0.929 bits per heavy atom. The van der Waals surface area contributed by atoms with Crippen LogP contribution >= 0.6 is 11.8 Å². The van der Waals surface area contributed by atoms with Crippen LogP contribution in [0.3, 0.4) is 0 Å². The van der Waals surface area contributed by atoms with Crippen LogP contribution in [-0.4, -0.2) is 10.1 Å². The van der Waals surface area contributed by atoms with E-state index in [1.807, 2.05) is 30.3 Å². The maximum atomic E-state index is 11.0. The molecule has 0 radical (unpaired) electrons. The number of aliphatic imine (C=N–C) groups is 1. The van der Waals surface area contributed by atoms with Gasteiger partial charge in [-0.2, -0.15) is 0 Å². The lowest BCUT2D eigenvalue weighted by atomic mass is 10.0. The second-order valence-corrected chi connectivity index (χ2v) is 7.54. The Kier molecular flexibility index (Phi) is 3.98. The molecule has 6 heteroatoms. The van der Waals surface area contributed by atoms with Crippen molar-refractivity contribution in [1.82, 2.24) is 0 Å². The molecule has 5 rings (SSSR count). The molecule has 1 atom stereocenters. The second-order valence-electron chi connectivity index (χ2n) is 6.53. The van der Waals surface area contributed by atoms with Crippen molar-refractivity contribution in [3.05, 3.63) is 106 Å². The van der Waals surface area contributed by atoms with Gasteiger partial charge in [0.2, 0.25) is 0 Å². The number of rotatable bonds is 3. The van der Waals surface area contributed by atoms with E-state index in [2.05, 4.69) is 35.2 Å². The van der Waals surface area contributed by atoms with E-state index in [0.717, 1.165) is 27.7 Å². The highest BCUT2D eigenvalue weighted by atomic mass is 32.2. The predicted molar refractivity (Wildman–Crippen MR) is 112 cm³/mol. The molecule has 2 heterocycles. The monoisotopic (exact) mass is 385 g/mol. The average molecular weight is 385 g/mol. The quantitative estimate of drug-likeness (QED) is 0.431. The van der Waals surface area contributed by atoms with Crippen LogP contribution in [0.25, 0.3) is 5.70 Å². The van der Waals surface area contributed by atoms with E-state index in [-0.39, 0.29) is 16.7 Å². The molecule has 136 valence electrons. The van der Waals surface area contributed by atoms with Crippen LogP contribution in [-0.2, 0) is 0 Å². The van der Waals surface area contributed by atoms with Gasteiger partial charge in [-0.15, -0.1) is 0 Å². The molecule has 5 nitrogen and oxygen atoms in total. The number of nitrogens with zero attached hydrogens (tertiary/aromatic N) is 3. The number of nitro groups is 1. The van der Waals surface area contributed by atoms with Crippen molar-refractivity contribution in [3.8, 4) is 0 Å². The van der Waals surface area contributed by atoms with Crippen molar-refractivity contribution in [2.45, 2.75) is 10.9 Å². The van der Waals surface area contributed by atoms with Crippen LogP contribution in [0.1, 0.15) is 17.2 Å². The van der Waals surface area contributed by atoms with Gasteiger partial charge in [-0.3, -0.25) is 15.0 Å². The minimum absolute atomic E-state index is 0.0868. The summed E-state index contributed by atoms with van der Waals surface area (Å²) in [7, 11) is 0. The molecule has 2 aliphatic rings. The summed E-state index contributed by atoms with van der Waals surface area (Å²) in [6.45, 7) is 0. The number of thioether (sulfide) groups is 1. The number of non-ortho nitro benzene ring substituents is 1. The van der Waals surface area contributed by atoms with Crippen LogP contribution < -0.4 is 4.90 Å². The third-order valence-electron chi connectivity index (χ3n) is 4.82. The first-order valence-corrected chi connectivity index (χ1v) is 9.69. The Bertz CT molecular complexity index is 1120. The van der Waals surface area contributed by atoms with Gasteiger partial charge in [0, 0.05) is 17.0 Å². The highest BCUT2D eigenvalue weighted by molar-refractivity contribution is 8.14. The highest BCUT2D eigenvalue weighted by Crippen LogP contribution is 2.47. The first-order chi connectivity index (χ1) is 13.7. The summed E-state index contributed by atoms with van der Waals surface area (Å²) in [6.07, 6.45) is 2.13. The lowest BCUT2D eigenvalue weighted by molar-refractivity contribution is -0.384. The number of amidine groups is 1. The average Bonchev–Trinajstić information content (AvgIpc) is 3.12. The second kappa shape index (κ2) is 6.65. The van der Waals surface area contributed by atoms with E-state index in [4.69, 9.17) is 4.99 Å². The lowest BCUT2D eigenvalue weighted by Gasteiger charge is -2.29. The van der Waals surface area contributed by atoms with Gasteiger partial charge in [-0.1, -0.05) is 42.5 Å². The zero-order valence-electron chi connectivity index (χ0n) is 14.7. The molecule has 0 amide bonds. The summed E-state index contributed by atoms with van der Waals surface area (Å²) in [5, 5.41) is 11.9. The van der Waals surface area contributed by atoms with Gasteiger partial charge in [0.1, 0.15) is 0 Å². The molecule has 0 aliphatic carbocycles. The lowest BCUT2D eigenvalue weighted by Crippen LogP contribution is -2.27. The van der Waals surface area contributed by atoms with Gasteiger partial charge in [-0.25, -0.2) is 4.99 Å². The summed E-state index contributed by atoms with van der Waals surface area (Å²) in [4.78, 5) is 18.9. The minimum Gasteiger partial charge on any atom is -0.288 e. The number of fused-ring (bicyclic) bond motifs is 3. The van der Waals surface area contributed by atoms with E-state index >= 15 is 0 Å². The van der Waals surface area contributed by atoms with E-state index in [9.17, 15) is 10.1 Å². The van der Waals surface area contributed by atoms with Crippen LogP contribution in [0, 0.1) is 10.1 Å². The zero-order valence-corrected chi connectivity index (χ0v) is 15.5. The molecular formula is C22H15N3O2S. The zero-order chi connectivity index (χ0) is 19.1. The van der Waals surface area contributed by atoms with Crippen LogP contribution in [0.4, 0.5) is 11.4 Å². The molecule has 3 aromatic carbocycles. The van der Waals surface area contributed by atoms with Crippen LogP contribution in [0.15, 0.2) is 94.8 Å². The van der Waals surface area contributed by atoms with Gasteiger partial charge in [0.05, 0.1) is 22.3 Å². The molecule has 0 saturated heterocycles. The number of anilines is 1. The standard InChI is InChI=1S/C22H15N3O2S/c26-25(27)17-12-10-15(11-13-17)18-14-20(16-6-2-1-3-7-16)24-19-8-4-5-9-21(19)28-22(24)23-18/h1-14,18H. The molecule has 1 unspecified atom stereocenters. The van der Waals surface area contributed by atoms with Gasteiger partial charge in [-0.05, 0) is 53.2 Å². The van der Waals surface area contributed by atoms with Crippen molar-refractivity contribution < 1.29 is 4.92 Å². The maximum absolute atomic E-state index is 11.0. The summed E-state index contributed by atoms with van der Waals surface area (Å²) < 4.78 is 0. The molecule has 0 N–H and O–H groups in total.